The van der Waals surface area contributed by atoms with Crippen LogP contribution in [0.25, 0.3) is 11.1 Å². The summed E-state index contributed by atoms with van der Waals surface area (Å²) in [6.07, 6.45) is 4.65. The second kappa shape index (κ2) is 11.2. The Balaban J connectivity index is 2.02. The second-order valence-corrected chi connectivity index (χ2v) is 6.70. The number of nitrogens with two attached hydrogens (primary N) is 1. The van der Waals surface area contributed by atoms with E-state index in [9.17, 15) is 4.79 Å². The van der Waals surface area contributed by atoms with E-state index in [0.717, 1.165) is 22.4 Å². The van der Waals surface area contributed by atoms with Crippen LogP contribution in [-0.4, -0.2) is 37.2 Å². The number of nitrogens with zero attached hydrogens (tertiary/aromatic N) is 3. The number of hydrogen-bond donors (Lipinski definition) is 2. The molecule has 7 heteroatoms. The molecule has 0 amide bonds. The summed E-state index contributed by atoms with van der Waals surface area (Å²) < 4.78 is 4.62. The average molecular weight is 428 g/mol. The van der Waals surface area contributed by atoms with Gasteiger partial charge >= 0.3 is 5.97 Å². The molecule has 2 aromatic carbocycles. The number of amidine groups is 1. The fraction of sp³-hybridized carbons (Fsp3) is 0.120. The molecule has 0 saturated heterocycles. The van der Waals surface area contributed by atoms with Crippen molar-refractivity contribution in [3.05, 3.63) is 96.0 Å². The fourth-order valence-electron chi connectivity index (χ4n) is 3.09. The van der Waals surface area contributed by atoms with E-state index in [0.29, 0.717) is 18.1 Å². The summed E-state index contributed by atoms with van der Waals surface area (Å²) >= 11 is 0. The molecular formula is C25H25N5O2. The van der Waals surface area contributed by atoms with Crippen LogP contribution in [0.1, 0.15) is 11.3 Å². The Morgan fingerprint density at radius 1 is 1.09 bits per heavy atom. The molecule has 7 nitrogen and oxygen atoms in total. The van der Waals surface area contributed by atoms with Crippen LogP contribution in [-0.2, 0) is 16.1 Å². The standard InChI is InChI=1S/C25H25N5O2/c1-27-24(30-17-19-11-6-7-15-28-19)23-20(18-9-4-3-5-10-18)12-8-13-22(23)29-16-14-21(26)25(31)32-2/h3-16H,17,26H2,1-2H3,(H,27,30)/b21-14-,29-16?. The molecule has 0 atom stereocenters. The lowest BCUT2D eigenvalue weighted by atomic mass is 9.97. The number of benzene rings is 2. The maximum absolute atomic E-state index is 11.5. The fourth-order valence-corrected chi connectivity index (χ4v) is 3.09. The van der Waals surface area contributed by atoms with Crippen molar-refractivity contribution < 1.29 is 9.53 Å². The zero-order valence-electron chi connectivity index (χ0n) is 18.0. The molecule has 0 aliphatic rings. The van der Waals surface area contributed by atoms with E-state index in [1.165, 1.54) is 19.4 Å². The van der Waals surface area contributed by atoms with Crippen LogP contribution in [0.4, 0.5) is 5.69 Å². The highest BCUT2D eigenvalue weighted by atomic mass is 16.5. The maximum Gasteiger partial charge on any atom is 0.353 e. The largest absolute Gasteiger partial charge is 0.464 e. The molecule has 1 heterocycles. The van der Waals surface area contributed by atoms with E-state index in [1.807, 2.05) is 66.7 Å². The number of pyridine rings is 1. The predicted molar refractivity (Wildman–Crippen MR) is 128 cm³/mol. The smallest absolute Gasteiger partial charge is 0.353 e. The van der Waals surface area contributed by atoms with Crippen molar-refractivity contribution in [3.63, 3.8) is 0 Å². The maximum atomic E-state index is 11.5. The van der Waals surface area contributed by atoms with Crippen LogP contribution in [0.15, 0.2) is 94.7 Å². The molecule has 3 rings (SSSR count). The van der Waals surface area contributed by atoms with Gasteiger partial charge in [-0.25, -0.2) is 4.79 Å². The predicted octanol–water partition coefficient (Wildman–Crippen LogP) is 3.63. The van der Waals surface area contributed by atoms with Crippen molar-refractivity contribution in [1.29, 1.82) is 0 Å². The Morgan fingerprint density at radius 2 is 1.88 bits per heavy atom. The van der Waals surface area contributed by atoms with E-state index in [1.54, 1.807) is 13.2 Å². The molecule has 0 aliphatic heterocycles. The van der Waals surface area contributed by atoms with Gasteiger partial charge in [-0.05, 0) is 35.4 Å². The lowest BCUT2D eigenvalue weighted by molar-refractivity contribution is -0.136. The summed E-state index contributed by atoms with van der Waals surface area (Å²) in [7, 11) is 3.00. The van der Waals surface area contributed by atoms with E-state index < -0.39 is 5.97 Å². The summed E-state index contributed by atoms with van der Waals surface area (Å²) in [4.78, 5) is 24.9. The van der Waals surface area contributed by atoms with Crippen LogP contribution in [0.3, 0.4) is 0 Å². The number of carbonyl (C=O) groups excluding carboxylic acids is 1. The molecule has 0 radical (unpaired) electrons. The van der Waals surface area contributed by atoms with Gasteiger partial charge in [0.05, 0.1) is 25.0 Å². The Kier molecular flexibility index (Phi) is 7.86. The molecule has 0 aliphatic carbocycles. The van der Waals surface area contributed by atoms with E-state index in [2.05, 4.69) is 25.0 Å². The van der Waals surface area contributed by atoms with Gasteiger partial charge in [-0.2, -0.15) is 0 Å². The topological polar surface area (TPSA) is 102 Å². The van der Waals surface area contributed by atoms with Crippen molar-refractivity contribution in [2.24, 2.45) is 15.7 Å². The Labute approximate surface area is 187 Å². The molecule has 3 aromatic rings. The van der Waals surface area contributed by atoms with Gasteiger partial charge in [0, 0.05) is 25.0 Å². The van der Waals surface area contributed by atoms with E-state index in [4.69, 9.17) is 5.73 Å². The zero-order valence-corrected chi connectivity index (χ0v) is 18.0. The molecule has 1 aromatic heterocycles. The van der Waals surface area contributed by atoms with Gasteiger partial charge in [-0.1, -0.05) is 48.5 Å². The summed E-state index contributed by atoms with van der Waals surface area (Å²) in [5.41, 5.74) is 10.1. The second-order valence-electron chi connectivity index (χ2n) is 6.70. The first kappa shape index (κ1) is 22.4. The number of methoxy groups -OCH3 is 1. The number of hydrogen-bond acceptors (Lipinski definition) is 6. The molecule has 0 unspecified atom stereocenters. The SMILES string of the molecule is CN=C(NCc1ccccn1)c1c(N=C/C=C(\N)C(=O)OC)cccc1-c1ccccc1. The van der Waals surface area contributed by atoms with E-state index in [-0.39, 0.29) is 5.70 Å². The first-order chi connectivity index (χ1) is 15.6. The van der Waals surface area contributed by atoms with Crippen LogP contribution in [0.2, 0.25) is 0 Å². The third-order valence-electron chi connectivity index (χ3n) is 4.64. The normalized spacial score (nSPS) is 12.1. The van der Waals surface area contributed by atoms with Gasteiger partial charge in [0.25, 0.3) is 0 Å². The van der Waals surface area contributed by atoms with Gasteiger partial charge in [0.2, 0.25) is 0 Å². The number of carbonyl (C=O) groups is 1. The minimum atomic E-state index is -0.609. The highest BCUT2D eigenvalue weighted by Crippen LogP contribution is 2.31. The number of aliphatic imine (C=N–C) groups is 2. The Bertz CT molecular complexity index is 1140. The van der Waals surface area contributed by atoms with Gasteiger partial charge < -0.3 is 15.8 Å². The molecule has 3 N–H and O–H groups in total. The van der Waals surface area contributed by atoms with Crippen LogP contribution >= 0.6 is 0 Å². The molecule has 162 valence electrons. The first-order valence-electron chi connectivity index (χ1n) is 10.0. The highest BCUT2D eigenvalue weighted by Gasteiger charge is 2.15. The Morgan fingerprint density at radius 3 is 2.56 bits per heavy atom. The summed E-state index contributed by atoms with van der Waals surface area (Å²) in [6, 6.07) is 21.6. The molecular weight excluding hydrogens is 402 g/mol. The lowest BCUT2D eigenvalue weighted by Gasteiger charge is -2.16. The lowest BCUT2D eigenvalue weighted by Crippen LogP contribution is -2.25. The minimum Gasteiger partial charge on any atom is -0.464 e. The molecule has 0 bridgehead atoms. The van der Waals surface area contributed by atoms with Crippen molar-refractivity contribution in [3.8, 4) is 11.1 Å². The van der Waals surface area contributed by atoms with Crippen molar-refractivity contribution in [2.45, 2.75) is 6.54 Å². The quantitative estimate of drug-likeness (QED) is 0.259. The molecule has 0 fully saturated rings. The third kappa shape index (κ3) is 5.66. The van der Waals surface area contributed by atoms with Gasteiger partial charge in [0.15, 0.2) is 0 Å². The van der Waals surface area contributed by atoms with Gasteiger partial charge in [-0.3, -0.25) is 15.0 Å². The van der Waals surface area contributed by atoms with E-state index >= 15 is 0 Å². The zero-order chi connectivity index (χ0) is 22.8. The highest BCUT2D eigenvalue weighted by molar-refractivity contribution is 6.09. The van der Waals surface area contributed by atoms with Gasteiger partial charge in [-0.15, -0.1) is 0 Å². The van der Waals surface area contributed by atoms with Crippen molar-refractivity contribution in [2.75, 3.05) is 14.2 Å². The van der Waals surface area contributed by atoms with Crippen LogP contribution in [0, 0.1) is 0 Å². The molecule has 0 spiro atoms. The number of esters is 1. The van der Waals surface area contributed by atoms with Crippen molar-refractivity contribution >= 4 is 23.7 Å². The Hall–Kier alpha value is -4.26. The van der Waals surface area contributed by atoms with Crippen LogP contribution in [0.5, 0.6) is 0 Å². The van der Waals surface area contributed by atoms with Crippen LogP contribution < -0.4 is 11.1 Å². The number of rotatable bonds is 7. The van der Waals surface area contributed by atoms with Crippen molar-refractivity contribution in [1.82, 2.24) is 10.3 Å². The number of aromatic nitrogens is 1. The monoisotopic (exact) mass is 427 g/mol. The molecule has 0 saturated carbocycles. The number of ether oxygens (including phenoxy) is 1. The first-order valence-corrected chi connectivity index (χ1v) is 10.0. The molecule has 32 heavy (non-hydrogen) atoms. The third-order valence-corrected chi connectivity index (χ3v) is 4.64. The van der Waals surface area contributed by atoms with Gasteiger partial charge in [0.1, 0.15) is 11.5 Å². The average Bonchev–Trinajstić information content (AvgIpc) is 2.85. The number of nitrogens with one attached hydrogen (secondary N) is 1. The summed E-state index contributed by atoms with van der Waals surface area (Å²) in [5, 5.41) is 3.38. The summed E-state index contributed by atoms with van der Waals surface area (Å²) in [5.74, 6) is 0.0646. The minimum absolute atomic E-state index is 0.0327. The number of allylic oxidation sites excluding steroid dienone is 1. The summed E-state index contributed by atoms with van der Waals surface area (Å²) in [6.45, 7) is 0.509.